The van der Waals surface area contributed by atoms with Gasteiger partial charge in [-0.3, -0.25) is 10.1 Å². The van der Waals surface area contributed by atoms with Crippen molar-refractivity contribution in [1.82, 2.24) is 9.88 Å². The lowest BCUT2D eigenvalue weighted by Crippen LogP contribution is -2.48. The number of aliphatic imine (C=N–C) groups is 1. The fourth-order valence-corrected chi connectivity index (χ4v) is 7.50. The van der Waals surface area contributed by atoms with Crippen LogP contribution in [-0.4, -0.2) is 22.2 Å². The molecule has 0 saturated heterocycles. The van der Waals surface area contributed by atoms with Crippen molar-refractivity contribution in [3.05, 3.63) is 52.8 Å². The fraction of sp³-hybridized carbons (Fsp3) is 0.500. The Hall–Kier alpha value is -2.69. The number of hydrogen-bond acceptors (Lipinski definition) is 2. The Labute approximate surface area is 182 Å². The highest BCUT2D eigenvalue weighted by atomic mass is 16.2. The summed E-state index contributed by atoms with van der Waals surface area (Å²) in [6.07, 6.45) is 8.93. The third kappa shape index (κ3) is 3.00. The maximum absolute atomic E-state index is 11.9. The van der Waals surface area contributed by atoms with Gasteiger partial charge in [-0.1, -0.05) is 12.1 Å². The van der Waals surface area contributed by atoms with E-state index in [1.807, 2.05) is 0 Å². The second-order valence-corrected chi connectivity index (χ2v) is 10.5. The first kappa shape index (κ1) is 19.0. The molecular formula is C26H29N3O2. The van der Waals surface area contributed by atoms with Crippen LogP contribution in [0.3, 0.4) is 0 Å². The molecule has 0 radical (unpaired) electrons. The van der Waals surface area contributed by atoms with Gasteiger partial charge in [0.1, 0.15) is 5.71 Å². The minimum absolute atomic E-state index is 0.294. The predicted molar refractivity (Wildman–Crippen MR) is 120 cm³/mol. The summed E-state index contributed by atoms with van der Waals surface area (Å²) in [5, 5.41) is 2.23. The van der Waals surface area contributed by atoms with Crippen molar-refractivity contribution in [3.8, 4) is 5.69 Å². The number of carbonyl (C=O) groups is 2. The Morgan fingerprint density at radius 1 is 1.00 bits per heavy atom. The molecule has 5 aliphatic rings. The molecule has 1 aromatic heterocycles. The van der Waals surface area contributed by atoms with E-state index in [9.17, 15) is 9.59 Å². The number of aromatic nitrogens is 1. The summed E-state index contributed by atoms with van der Waals surface area (Å²) in [5.74, 6) is 2.47. The molecular weight excluding hydrogens is 386 g/mol. The molecule has 1 aliphatic heterocycles. The number of urea groups is 1. The van der Waals surface area contributed by atoms with E-state index in [2.05, 4.69) is 59.1 Å². The first-order valence-electron chi connectivity index (χ1n) is 11.6. The number of carbonyl (C=O) groups excluding carboxylic acids is 2. The molecule has 2 aromatic rings. The van der Waals surface area contributed by atoms with Crippen LogP contribution in [0, 0.1) is 31.6 Å². The molecule has 160 valence electrons. The Bertz CT molecular complexity index is 1090. The molecule has 0 atom stereocenters. The minimum Gasteiger partial charge on any atom is -0.318 e. The minimum atomic E-state index is -0.561. The van der Waals surface area contributed by atoms with Gasteiger partial charge in [0, 0.05) is 23.5 Å². The molecule has 5 nitrogen and oxygen atoms in total. The molecule has 4 fully saturated rings. The van der Waals surface area contributed by atoms with E-state index in [1.165, 1.54) is 44.1 Å². The number of amides is 3. The number of rotatable bonds is 4. The van der Waals surface area contributed by atoms with Gasteiger partial charge in [-0.25, -0.2) is 4.79 Å². The molecule has 4 bridgehead atoms. The Balaban J connectivity index is 1.29. The number of nitrogens with one attached hydrogen (secondary N) is 1. The lowest BCUT2D eigenvalue weighted by Gasteiger charge is -2.57. The maximum Gasteiger partial charge on any atom is 0.348 e. The lowest BCUT2D eigenvalue weighted by atomic mass is 9.48. The molecule has 4 saturated carbocycles. The van der Waals surface area contributed by atoms with Gasteiger partial charge >= 0.3 is 6.03 Å². The van der Waals surface area contributed by atoms with Crippen molar-refractivity contribution in [1.29, 1.82) is 0 Å². The summed E-state index contributed by atoms with van der Waals surface area (Å²) in [6, 6.07) is 10.8. The Morgan fingerprint density at radius 2 is 1.61 bits per heavy atom. The predicted octanol–water partition coefficient (Wildman–Crippen LogP) is 4.80. The average molecular weight is 416 g/mol. The van der Waals surface area contributed by atoms with E-state index in [-0.39, 0.29) is 5.91 Å². The number of benzene rings is 1. The van der Waals surface area contributed by atoms with Gasteiger partial charge in [0.25, 0.3) is 5.91 Å². The zero-order valence-electron chi connectivity index (χ0n) is 18.3. The van der Waals surface area contributed by atoms with E-state index in [4.69, 9.17) is 0 Å². The normalized spacial score (nSPS) is 31.3. The largest absolute Gasteiger partial charge is 0.348 e. The highest BCUT2D eigenvalue weighted by molar-refractivity contribution is 6.46. The smallest absolute Gasteiger partial charge is 0.318 e. The molecule has 0 spiro atoms. The molecule has 2 heterocycles. The van der Waals surface area contributed by atoms with Crippen LogP contribution in [0.1, 0.15) is 61.0 Å². The van der Waals surface area contributed by atoms with Crippen LogP contribution < -0.4 is 5.32 Å². The van der Waals surface area contributed by atoms with Crippen molar-refractivity contribution in [3.63, 3.8) is 0 Å². The number of imide groups is 1. The van der Waals surface area contributed by atoms with Crippen LogP contribution in [-0.2, 0) is 16.6 Å². The van der Waals surface area contributed by atoms with Crippen LogP contribution >= 0.6 is 0 Å². The highest BCUT2D eigenvalue weighted by Crippen LogP contribution is 2.60. The quantitative estimate of drug-likeness (QED) is 0.780. The molecule has 3 amide bonds. The second-order valence-electron chi connectivity index (χ2n) is 10.5. The van der Waals surface area contributed by atoms with E-state index >= 15 is 0 Å². The summed E-state index contributed by atoms with van der Waals surface area (Å²) >= 11 is 0. The highest BCUT2D eigenvalue weighted by Gasteiger charge is 2.51. The van der Waals surface area contributed by atoms with Gasteiger partial charge in [-0.15, -0.1) is 0 Å². The monoisotopic (exact) mass is 415 g/mol. The molecule has 5 heteroatoms. The number of hydrogen-bond donors (Lipinski definition) is 1. The molecule has 7 rings (SSSR count). The van der Waals surface area contributed by atoms with Gasteiger partial charge < -0.3 is 4.57 Å². The van der Waals surface area contributed by atoms with Gasteiger partial charge in [0.05, 0.1) is 0 Å². The molecule has 4 aliphatic carbocycles. The van der Waals surface area contributed by atoms with E-state index in [0.717, 1.165) is 40.4 Å². The van der Waals surface area contributed by atoms with Gasteiger partial charge in [0.2, 0.25) is 0 Å². The first-order chi connectivity index (χ1) is 14.9. The van der Waals surface area contributed by atoms with E-state index in [0.29, 0.717) is 17.5 Å². The van der Waals surface area contributed by atoms with Crippen molar-refractivity contribution >= 4 is 17.6 Å². The van der Waals surface area contributed by atoms with Crippen LogP contribution in [0.15, 0.2) is 35.3 Å². The fourth-order valence-electron chi connectivity index (χ4n) is 7.50. The molecule has 1 aromatic carbocycles. The number of nitrogens with zero attached hydrogens (tertiary/aromatic N) is 2. The Morgan fingerprint density at radius 3 is 2.16 bits per heavy atom. The standard InChI is InChI=1S/C26H29N3O2/c1-15-7-20(11-23-24(30)28-25(31)27-23)16(2)29(15)22-5-3-21(4-6-22)26-12-17-8-18(13-26)10-19(9-17)14-26/h3-7,17-19H,8-14H2,1-2H3,(H,28,30,31). The van der Waals surface area contributed by atoms with Gasteiger partial charge in [-0.2, -0.15) is 4.99 Å². The second kappa shape index (κ2) is 6.65. The third-order valence-corrected chi connectivity index (χ3v) is 8.39. The lowest BCUT2D eigenvalue weighted by molar-refractivity contribution is -0.113. The molecule has 31 heavy (non-hydrogen) atoms. The zero-order chi connectivity index (χ0) is 21.3. The van der Waals surface area contributed by atoms with Crippen molar-refractivity contribution in [2.45, 2.75) is 64.2 Å². The maximum atomic E-state index is 11.9. The van der Waals surface area contributed by atoms with E-state index in [1.54, 1.807) is 0 Å². The summed E-state index contributed by atoms with van der Waals surface area (Å²) < 4.78 is 2.24. The van der Waals surface area contributed by atoms with Crippen molar-refractivity contribution < 1.29 is 9.59 Å². The summed E-state index contributed by atoms with van der Waals surface area (Å²) in [5.41, 5.74) is 6.65. The topological polar surface area (TPSA) is 63.5 Å². The van der Waals surface area contributed by atoms with Gasteiger partial charge in [0.15, 0.2) is 0 Å². The van der Waals surface area contributed by atoms with Crippen molar-refractivity contribution in [2.75, 3.05) is 0 Å². The zero-order valence-corrected chi connectivity index (χ0v) is 18.3. The number of aryl methyl sites for hydroxylation is 1. The van der Waals surface area contributed by atoms with Crippen LogP contribution in [0.4, 0.5) is 4.79 Å². The van der Waals surface area contributed by atoms with Crippen LogP contribution in [0.2, 0.25) is 0 Å². The van der Waals surface area contributed by atoms with E-state index < -0.39 is 6.03 Å². The summed E-state index contributed by atoms with van der Waals surface area (Å²) in [6.45, 7) is 4.16. The SMILES string of the molecule is Cc1cc(CC2=NC(=O)NC2=O)c(C)n1-c1ccc(C23CC4CC(CC(C4)C2)C3)cc1. The third-order valence-electron chi connectivity index (χ3n) is 8.39. The summed E-state index contributed by atoms with van der Waals surface area (Å²) in [7, 11) is 0. The average Bonchev–Trinajstić information content (AvgIpc) is 3.18. The Kier molecular flexibility index (Phi) is 4.08. The van der Waals surface area contributed by atoms with Crippen LogP contribution in [0.5, 0.6) is 0 Å². The molecule has 1 N–H and O–H groups in total. The summed E-state index contributed by atoms with van der Waals surface area (Å²) in [4.78, 5) is 27.1. The molecule has 0 unspecified atom stereocenters. The van der Waals surface area contributed by atoms with Gasteiger partial charge in [-0.05, 0) is 105 Å². The van der Waals surface area contributed by atoms with Crippen LogP contribution in [0.25, 0.3) is 5.69 Å². The van der Waals surface area contributed by atoms with Crippen molar-refractivity contribution in [2.24, 2.45) is 22.7 Å². The first-order valence-corrected chi connectivity index (χ1v) is 11.6.